The Kier molecular flexibility index (Phi) is 5.66. The molecule has 0 saturated carbocycles. The average Bonchev–Trinajstić information content (AvgIpc) is 2.42. The number of hydrogen-bond acceptors (Lipinski definition) is 3. The maximum atomic E-state index is 13.4. The van der Waals surface area contributed by atoms with E-state index in [2.05, 4.69) is 10.6 Å². The highest BCUT2D eigenvalue weighted by molar-refractivity contribution is 7.99. The average molecular weight is 282 g/mol. The summed E-state index contributed by atoms with van der Waals surface area (Å²) in [7, 11) is 0. The quantitative estimate of drug-likeness (QED) is 0.861. The number of halogens is 1. The Labute approximate surface area is 117 Å². The van der Waals surface area contributed by atoms with E-state index in [0.717, 1.165) is 18.1 Å². The number of carbonyl (C=O) groups is 1. The molecule has 1 aromatic carbocycles. The van der Waals surface area contributed by atoms with Crippen LogP contribution in [-0.4, -0.2) is 36.5 Å². The lowest BCUT2D eigenvalue weighted by atomic mass is 10.1. The lowest BCUT2D eigenvalue weighted by Crippen LogP contribution is -2.41. The molecule has 1 aliphatic rings. The Morgan fingerprint density at radius 3 is 3.05 bits per heavy atom. The fourth-order valence-corrected chi connectivity index (χ4v) is 3.03. The molecule has 0 spiro atoms. The number of amides is 1. The lowest BCUT2D eigenvalue weighted by molar-refractivity contribution is -0.121. The van der Waals surface area contributed by atoms with Gasteiger partial charge in [-0.25, -0.2) is 4.39 Å². The number of carbonyl (C=O) groups excluding carboxylic acids is 1. The van der Waals surface area contributed by atoms with E-state index in [4.69, 9.17) is 0 Å². The third-order valence-electron chi connectivity index (χ3n) is 3.10. The van der Waals surface area contributed by atoms with Crippen LogP contribution in [0.25, 0.3) is 0 Å². The summed E-state index contributed by atoms with van der Waals surface area (Å²) >= 11 is 1.88. The lowest BCUT2D eigenvalue weighted by Gasteiger charge is -2.22. The van der Waals surface area contributed by atoms with Crippen molar-refractivity contribution in [2.45, 2.75) is 18.9 Å². The van der Waals surface area contributed by atoms with Crippen LogP contribution in [0.4, 0.5) is 4.39 Å². The van der Waals surface area contributed by atoms with Crippen LogP contribution in [0.15, 0.2) is 24.3 Å². The van der Waals surface area contributed by atoms with Crippen molar-refractivity contribution < 1.29 is 9.18 Å². The Balaban J connectivity index is 1.67. The molecular formula is C14H19FN2OS. The van der Waals surface area contributed by atoms with Crippen LogP contribution in [0.3, 0.4) is 0 Å². The third-order valence-corrected chi connectivity index (χ3v) is 4.24. The minimum Gasteiger partial charge on any atom is -0.356 e. The highest BCUT2D eigenvalue weighted by Crippen LogP contribution is 2.10. The molecule has 0 aliphatic carbocycles. The standard InChI is InChI=1S/C14H19FN2OS/c15-13-4-2-1-3-11(13)5-6-17-14(18)9-12-10-19-8-7-16-12/h1-4,12,16H,5-10H2,(H,17,18). The Bertz CT molecular complexity index is 422. The molecule has 1 fully saturated rings. The van der Waals surface area contributed by atoms with Crippen molar-refractivity contribution in [3.63, 3.8) is 0 Å². The van der Waals surface area contributed by atoms with Crippen molar-refractivity contribution in [1.29, 1.82) is 0 Å². The minimum absolute atomic E-state index is 0.0383. The molecule has 19 heavy (non-hydrogen) atoms. The molecule has 5 heteroatoms. The summed E-state index contributed by atoms with van der Waals surface area (Å²) in [6, 6.07) is 6.95. The predicted octanol–water partition coefficient (Wildman–Crippen LogP) is 1.58. The van der Waals surface area contributed by atoms with Gasteiger partial charge < -0.3 is 10.6 Å². The van der Waals surface area contributed by atoms with Gasteiger partial charge in [-0.3, -0.25) is 4.79 Å². The van der Waals surface area contributed by atoms with Gasteiger partial charge in [0.05, 0.1) is 0 Å². The van der Waals surface area contributed by atoms with Gasteiger partial charge in [-0.1, -0.05) is 18.2 Å². The van der Waals surface area contributed by atoms with E-state index in [1.807, 2.05) is 17.8 Å². The van der Waals surface area contributed by atoms with E-state index >= 15 is 0 Å². The minimum atomic E-state index is -0.206. The topological polar surface area (TPSA) is 41.1 Å². The van der Waals surface area contributed by atoms with Gasteiger partial charge in [-0.15, -0.1) is 0 Å². The second-order valence-electron chi connectivity index (χ2n) is 4.62. The fraction of sp³-hybridized carbons (Fsp3) is 0.500. The van der Waals surface area contributed by atoms with Crippen LogP contribution in [0.1, 0.15) is 12.0 Å². The van der Waals surface area contributed by atoms with Crippen molar-refractivity contribution in [2.24, 2.45) is 0 Å². The van der Waals surface area contributed by atoms with Gasteiger partial charge >= 0.3 is 0 Å². The molecule has 0 aromatic heterocycles. The Hall–Kier alpha value is -1.07. The van der Waals surface area contributed by atoms with Gasteiger partial charge in [0.15, 0.2) is 0 Å². The summed E-state index contributed by atoms with van der Waals surface area (Å²) in [6.45, 7) is 1.46. The summed E-state index contributed by atoms with van der Waals surface area (Å²) in [5.74, 6) is 1.94. The van der Waals surface area contributed by atoms with E-state index in [0.29, 0.717) is 24.9 Å². The number of thioether (sulfide) groups is 1. The first kappa shape index (κ1) is 14.3. The molecule has 0 bridgehead atoms. The smallest absolute Gasteiger partial charge is 0.221 e. The maximum absolute atomic E-state index is 13.4. The highest BCUT2D eigenvalue weighted by atomic mass is 32.2. The van der Waals surface area contributed by atoms with Gasteiger partial charge in [0, 0.05) is 37.1 Å². The second-order valence-corrected chi connectivity index (χ2v) is 5.77. The summed E-state index contributed by atoms with van der Waals surface area (Å²) in [6.07, 6.45) is 1.04. The van der Waals surface area contributed by atoms with E-state index < -0.39 is 0 Å². The maximum Gasteiger partial charge on any atom is 0.221 e. The van der Waals surface area contributed by atoms with Gasteiger partial charge in [-0.05, 0) is 18.1 Å². The van der Waals surface area contributed by atoms with Crippen molar-refractivity contribution in [3.8, 4) is 0 Å². The molecule has 1 aromatic rings. The molecule has 1 amide bonds. The molecule has 1 unspecified atom stereocenters. The van der Waals surface area contributed by atoms with Crippen molar-refractivity contribution in [2.75, 3.05) is 24.6 Å². The van der Waals surface area contributed by atoms with E-state index in [1.54, 1.807) is 12.1 Å². The first-order valence-corrected chi connectivity index (χ1v) is 7.72. The molecule has 2 N–H and O–H groups in total. The predicted molar refractivity (Wildman–Crippen MR) is 76.8 cm³/mol. The van der Waals surface area contributed by atoms with Crippen LogP contribution in [-0.2, 0) is 11.2 Å². The molecule has 3 nitrogen and oxygen atoms in total. The summed E-state index contributed by atoms with van der Waals surface area (Å²) in [5, 5.41) is 6.18. The van der Waals surface area contributed by atoms with E-state index in [1.165, 1.54) is 6.07 Å². The first-order chi connectivity index (χ1) is 9.25. The molecule has 1 heterocycles. The van der Waals surface area contributed by atoms with Gasteiger partial charge in [0.2, 0.25) is 5.91 Å². The fourth-order valence-electron chi connectivity index (χ4n) is 2.08. The molecule has 104 valence electrons. The molecule has 0 radical (unpaired) electrons. The highest BCUT2D eigenvalue weighted by Gasteiger charge is 2.16. The van der Waals surface area contributed by atoms with Crippen molar-refractivity contribution in [1.82, 2.24) is 10.6 Å². The molecule has 2 rings (SSSR count). The monoisotopic (exact) mass is 282 g/mol. The zero-order valence-electron chi connectivity index (χ0n) is 10.8. The van der Waals surface area contributed by atoms with Crippen LogP contribution >= 0.6 is 11.8 Å². The number of rotatable bonds is 5. The van der Waals surface area contributed by atoms with Crippen LogP contribution in [0.2, 0.25) is 0 Å². The third kappa shape index (κ3) is 4.84. The van der Waals surface area contributed by atoms with Crippen molar-refractivity contribution >= 4 is 17.7 Å². The first-order valence-electron chi connectivity index (χ1n) is 6.57. The summed E-state index contributed by atoms with van der Waals surface area (Å²) in [5.41, 5.74) is 0.647. The van der Waals surface area contributed by atoms with Crippen molar-refractivity contribution in [3.05, 3.63) is 35.6 Å². The molecule has 1 saturated heterocycles. The summed E-state index contributed by atoms with van der Waals surface area (Å²) < 4.78 is 13.4. The van der Waals surface area contributed by atoms with Crippen LogP contribution in [0, 0.1) is 5.82 Å². The number of hydrogen-bond donors (Lipinski definition) is 2. The largest absolute Gasteiger partial charge is 0.356 e. The van der Waals surface area contributed by atoms with E-state index in [-0.39, 0.29) is 17.8 Å². The number of benzene rings is 1. The van der Waals surface area contributed by atoms with Crippen LogP contribution in [0.5, 0.6) is 0 Å². The normalized spacial score (nSPS) is 19.1. The zero-order chi connectivity index (χ0) is 13.5. The van der Waals surface area contributed by atoms with Gasteiger partial charge in [0.1, 0.15) is 5.82 Å². The van der Waals surface area contributed by atoms with Crippen LogP contribution < -0.4 is 10.6 Å². The van der Waals surface area contributed by atoms with Gasteiger partial charge in [-0.2, -0.15) is 11.8 Å². The van der Waals surface area contributed by atoms with E-state index in [9.17, 15) is 9.18 Å². The molecular weight excluding hydrogens is 263 g/mol. The molecule has 1 atom stereocenters. The Morgan fingerprint density at radius 1 is 1.47 bits per heavy atom. The van der Waals surface area contributed by atoms with Gasteiger partial charge in [0.25, 0.3) is 0 Å². The number of nitrogens with one attached hydrogen (secondary N) is 2. The second kappa shape index (κ2) is 7.50. The summed E-state index contributed by atoms with van der Waals surface area (Å²) in [4.78, 5) is 11.7. The SMILES string of the molecule is O=C(CC1CSCCN1)NCCc1ccccc1F. The molecule has 1 aliphatic heterocycles. The zero-order valence-corrected chi connectivity index (χ0v) is 11.6. The Morgan fingerprint density at radius 2 is 2.32 bits per heavy atom.